The molecule has 3 N–H and O–H groups in total. The molecule has 1 aliphatic carbocycles. The number of nitrogens with zero attached hydrogens (tertiary/aromatic N) is 1. The van der Waals surface area contributed by atoms with E-state index in [1.165, 1.54) is 19.0 Å². The van der Waals surface area contributed by atoms with Gasteiger partial charge in [-0.1, -0.05) is 6.42 Å². The molecule has 2 unspecified atom stereocenters. The van der Waals surface area contributed by atoms with Gasteiger partial charge in [0.2, 0.25) is 11.8 Å². The molecule has 0 aliphatic heterocycles. The lowest BCUT2D eigenvalue weighted by Gasteiger charge is -2.31. The lowest BCUT2D eigenvalue weighted by Crippen LogP contribution is -2.43. The van der Waals surface area contributed by atoms with E-state index in [0.717, 1.165) is 12.8 Å². The molecular weight excluding hydrogens is 230 g/mol. The Morgan fingerprint density at radius 2 is 2.22 bits per heavy atom. The van der Waals surface area contributed by atoms with Gasteiger partial charge in [-0.2, -0.15) is 0 Å². The van der Waals surface area contributed by atoms with E-state index in [1.807, 2.05) is 7.05 Å². The number of amides is 1. The summed E-state index contributed by atoms with van der Waals surface area (Å²) in [6, 6.07) is 3.71. The van der Waals surface area contributed by atoms with Gasteiger partial charge in [0.15, 0.2) is 0 Å². The number of pyridine rings is 1. The zero-order valence-electron chi connectivity index (χ0n) is 10.6. The number of aromatic nitrogens is 1. The number of nitrogens with two attached hydrogens (primary N) is 1. The van der Waals surface area contributed by atoms with Gasteiger partial charge in [0, 0.05) is 18.3 Å². The largest absolute Gasteiger partial charge is 0.473 e. The monoisotopic (exact) mass is 249 g/mol. The van der Waals surface area contributed by atoms with Crippen molar-refractivity contribution >= 4 is 5.91 Å². The fourth-order valence-electron chi connectivity index (χ4n) is 2.32. The molecule has 0 aromatic carbocycles. The van der Waals surface area contributed by atoms with Crippen molar-refractivity contribution in [2.75, 3.05) is 7.05 Å². The number of primary amides is 1. The molecule has 1 amide bonds. The zero-order valence-corrected chi connectivity index (χ0v) is 10.6. The van der Waals surface area contributed by atoms with Crippen LogP contribution >= 0.6 is 0 Å². The Kier molecular flexibility index (Phi) is 4.15. The second-order valence-electron chi connectivity index (χ2n) is 4.59. The average molecular weight is 249 g/mol. The third-order valence-electron chi connectivity index (χ3n) is 3.37. The second kappa shape index (κ2) is 5.82. The maximum atomic E-state index is 10.9. The maximum absolute atomic E-state index is 10.9. The van der Waals surface area contributed by atoms with Gasteiger partial charge in [-0.25, -0.2) is 4.98 Å². The second-order valence-corrected chi connectivity index (χ2v) is 4.59. The van der Waals surface area contributed by atoms with E-state index >= 15 is 0 Å². The first-order chi connectivity index (χ1) is 8.70. The fourth-order valence-corrected chi connectivity index (χ4v) is 2.32. The molecule has 0 spiro atoms. The number of nitrogens with one attached hydrogen (secondary N) is 1. The quantitative estimate of drug-likeness (QED) is 0.837. The van der Waals surface area contributed by atoms with E-state index in [9.17, 15) is 4.79 Å². The van der Waals surface area contributed by atoms with Crippen LogP contribution in [0.1, 0.15) is 36.0 Å². The highest BCUT2D eigenvalue weighted by Gasteiger charge is 2.25. The summed E-state index contributed by atoms with van der Waals surface area (Å²) in [5, 5.41) is 3.28. The third-order valence-corrected chi connectivity index (χ3v) is 3.37. The van der Waals surface area contributed by atoms with E-state index in [4.69, 9.17) is 10.5 Å². The first-order valence-corrected chi connectivity index (χ1v) is 6.30. The van der Waals surface area contributed by atoms with Gasteiger partial charge < -0.3 is 15.8 Å². The minimum atomic E-state index is -0.472. The van der Waals surface area contributed by atoms with Crippen LogP contribution in [0.4, 0.5) is 0 Å². The Morgan fingerprint density at radius 1 is 1.44 bits per heavy atom. The van der Waals surface area contributed by atoms with Gasteiger partial charge in [-0.05, 0) is 32.4 Å². The highest BCUT2D eigenvalue weighted by atomic mass is 16.5. The highest BCUT2D eigenvalue weighted by Crippen LogP contribution is 2.22. The topological polar surface area (TPSA) is 77.2 Å². The number of rotatable bonds is 4. The Balaban J connectivity index is 2.01. The molecule has 5 nitrogen and oxygen atoms in total. The molecule has 0 bridgehead atoms. The van der Waals surface area contributed by atoms with E-state index in [0.29, 0.717) is 17.5 Å². The summed E-state index contributed by atoms with van der Waals surface area (Å²) in [6.45, 7) is 0. The summed E-state index contributed by atoms with van der Waals surface area (Å²) in [7, 11) is 1.95. The normalized spacial score (nSPS) is 23.6. The van der Waals surface area contributed by atoms with Crippen LogP contribution < -0.4 is 15.8 Å². The summed E-state index contributed by atoms with van der Waals surface area (Å²) in [5.41, 5.74) is 5.56. The molecule has 1 aliphatic rings. The van der Waals surface area contributed by atoms with Crippen LogP contribution in [0.2, 0.25) is 0 Å². The SMILES string of the molecule is CNC1CCCCC1Oc1ccc(C(N)=O)cn1. The van der Waals surface area contributed by atoms with Gasteiger partial charge in [-0.15, -0.1) is 0 Å². The summed E-state index contributed by atoms with van der Waals surface area (Å²) in [6.07, 6.45) is 6.18. The zero-order chi connectivity index (χ0) is 13.0. The van der Waals surface area contributed by atoms with Crippen molar-refractivity contribution in [3.63, 3.8) is 0 Å². The summed E-state index contributed by atoms with van der Waals surface area (Å²) < 4.78 is 5.87. The average Bonchev–Trinajstić information content (AvgIpc) is 2.40. The number of likely N-dealkylation sites (N-methyl/N-ethyl adjacent to an activating group) is 1. The molecule has 0 saturated heterocycles. The molecule has 2 rings (SSSR count). The minimum absolute atomic E-state index is 0.149. The van der Waals surface area contributed by atoms with Gasteiger partial charge in [-0.3, -0.25) is 4.79 Å². The first kappa shape index (κ1) is 12.8. The van der Waals surface area contributed by atoms with E-state index in [-0.39, 0.29) is 6.10 Å². The molecule has 5 heteroatoms. The van der Waals surface area contributed by atoms with E-state index in [1.54, 1.807) is 12.1 Å². The Morgan fingerprint density at radius 3 is 2.83 bits per heavy atom. The van der Waals surface area contributed by atoms with Crippen molar-refractivity contribution < 1.29 is 9.53 Å². The summed E-state index contributed by atoms with van der Waals surface area (Å²) >= 11 is 0. The molecule has 18 heavy (non-hydrogen) atoms. The summed E-state index contributed by atoms with van der Waals surface area (Å²) in [5.74, 6) is 0.0759. The molecule has 1 saturated carbocycles. The van der Waals surface area contributed by atoms with Crippen LogP contribution in [-0.4, -0.2) is 30.1 Å². The standard InChI is InChI=1S/C13H19N3O2/c1-15-10-4-2-3-5-11(10)18-12-7-6-9(8-16-12)13(14)17/h6-8,10-11,15H,2-5H2,1H3,(H2,14,17). The van der Waals surface area contributed by atoms with Crippen LogP contribution in [0.15, 0.2) is 18.3 Å². The number of ether oxygens (including phenoxy) is 1. The number of carbonyl (C=O) groups is 1. The van der Waals surface area contributed by atoms with Crippen molar-refractivity contribution in [3.05, 3.63) is 23.9 Å². The minimum Gasteiger partial charge on any atom is -0.473 e. The molecule has 1 heterocycles. The van der Waals surface area contributed by atoms with Crippen LogP contribution in [0.3, 0.4) is 0 Å². The highest BCUT2D eigenvalue weighted by molar-refractivity contribution is 5.92. The van der Waals surface area contributed by atoms with Crippen LogP contribution in [-0.2, 0) is 0 Å². The van der Waals surface area contributed by atoms with Crippen LogP contribution in [0, 0.1) is 0 Å². The summed E-state index contributed by atoms with van der Waals surface area (Å²) in [4.78, 5) is 15.0. The molecular formula is C13H19N3O2. The van der Waals surface area contributed by atoms with Crippen molar-refractivity contribution in [2.24, 2.45) is 5.73 Å². The Hall–Kier alpha value is -1.62. The molecule has 1 aromatic rings. The van der Waals surface area contributed by atoms with Gasteiger partial charge in [0.05, 0.1) is 5.56 Å². The van der Waals surface area contributed by atoms with Crippen LogP contribution in [0.25, 0.3) is 0 Å². The van der Waals surface area contributed by atoms with Crippen molar-refractivity contribution in [2.45, 2.75) is 37.8 Å². The predicted octanol–water partition coefficient (Wildman–Crippen LogP) is 1.09. The lowest BCUT2D eigenvalue weighted by molar-refractivity contribution is 0.0998. The molecule has 98 valence electrons. The van der Waals surface area contributed by atoms with Gasteiger partial charge >= 0.3 is 0 Å². The molecule has 0 radical (unpaired) electrons. The Labute approximate surface area is 107 Å². The number of hydrogen-bond acceptors (Lipinski definition) is 4. The first-order valence-electron chi connectivity index (χ1n) is 6.30. The fraction of sp³-hybridized carbons (Fsp3) is 0.538. The predicted molar refractivity (Wildman–Crippen MR) is 68.5 cm³/mol. The number of carbonyl (C=O) groups excluding carboxylic acids is 1. The Bertz CT molecular complexity index is 405. The van der Waals surface area contributed by atoms with Crippen molar-refractivity contribution in [1.82, 2.24) is 10.3 Å². The van der Waals surface area contributed by atoms with E-state index < -0.39 is 5.91 Å². The number of hydrogen-bond donors (Lipinski definition) is 2. The molecule has 2 atom stereocenters. The third kappa shape index (κ3) is 2.98. The van der Waals surface area contributed by atoms with Crippen molar-refractivity contribution in [1.29, 1.82) is 0 Å². The maximum Gasteiger partial charge on any atom is 0.250 e. The van der Waals surface area contributed by atoms with E-state index in [2.05, 4.69) is 10.3 Å². The lowest BCUT2D eigenvalue weighted by atomic mass is 9.92. The molecule has 1 fully saturated rings. The van der Waals surface area contributed by atoms with Gasteiger partial charge in [0.1, 0.15) is 6.10 Å². The van der Waals surface area contributed by atoms with Crippen LogP contribution in [0.5, 0.6) is 5.88 Å². The van der Waals surface area contributed by atoms with Crippen molar-refractivity contribution in [3.8, 4) is 5.88 Å². The molecule has 1 aromatic heterocycles. The van der Waals surface area contributed by atoms with Gasteiger partial charge in [0.25, 0.3) is 0 Å². The smallest absolute Gasteiger partial charge is 0.250 e.